The molecule has 7 heteroatoms. The van der Waals surface area contributed by atoms with Crippen LogP contribution in [0.25, 0.3) is 0 Å². The highest BCUT2D eigenvalue weighted by Gasteiger charge is 2.23. The molecule has 0 atom stereocenters. The summed E-state index contributed by atoms with van der Waals surface area (Å²) in [5, 5.41) is 7.28. The summed E-state index contributed by atoms with van der Waals surface area (Å²) in [5.74, 6) is 0. The molecule has 1 aromatic carbocycles. The van der Waals surface area contributed by atoms with Crippen LogP contribution in [0.5, 0.6) is 0 Å². The maximum absolute atomic E-state index is 12.6. The minimum Gasteiger partial charge on any atom is -0.309 e. The van der Waals surface area contributed by atoms with Gasteiger partial charge in [0, 0.05) is 45.5 Å². The molecule has 2 heterocycles. The molecule has 1 aromatic heterocycles. The molecule has 1 N–H and O–H groups in total. The van der Waals surface area contributed by atoms with Gasteiger partial charge in [-0.05, 0) is 23.3 Å². The zero-order chi connectivity index (χ0) is 15.0. The average molecular weight is 306 g/mol. The van der Waals surface area contributed by atoms with Gasteiger partial charge in [0.1, 0.15) is 0 Å². The van der Waals surface area contributed by atoms with Crippen LogP contribution in [0.15, 0.2) is 35.5 Å². The van der Waals surface area contributed by atoms with Crippen LogP contribution in [-0.2, 0) is 36.7 Å². The van der Waals surface area contributed by atoms with Crippen molar-refractivity contribution in [1.82, 2.24) is 19.4 Å². The summed E-state index contributed by atoms with van der Waals surface area (Å²) in [5.41, 5.74) is 3.10. The number of fused-ring (bicyclic) bond motifs is 1. The summed E-state index contributed by atoms with van der Waals surface area (Å²) in [7, 11) is -0.0789. The van der Waals surface area contributed by atoms with Gasteiger partial charge in [0.25, 0.3) is 0 Å². The number of aromatic nitrogens is 2. The second-order valence-electron chi connectivity index (χ2n) is 5.32. The van der Waals surface area contributed by atoms with Crippen LogP contribution >= 0.6 is 0 Å². The van der Waals surface area contributed by atoms with Crippen LogP contribution in [-0.4, -0.2) is 29.6 Å². The summed E-state index contributed by atoms with van der Waals surface area (Å²) in [4.78, 5) is 0.344. The van der Waals surface area contributed by atoms with Gasteiger partial charge in [0.15, 0.2) is 0 Å². The van der Waals surface area contributed by atoms with E-state index in [0.29, 0.717) is 11.4 Å². The Labute approximate surface area is 124 Å². The third-order valence-corrected chi connectivity index (χ3v) is 5.48. The highest BCUT2D eigenvalue weighted by Crippen LogP contribution is 2.22. The molecule has 0 spiro atoms. The van der Waals surface area contributed by atoms with Crippen molar-refractivity contribution >= 4 is 10.0 Å². The lowest BCUT2D eigenvalue weighted by molar-refractivity contribution is 0.466. The first-order valence-corrected chi connectivity index (χ1v) is 8.17. The van der Waals surface area contributed by atoms with E-state index in [2.05, 4.69) is 10.4 Å². The highest BCUT2D eigenvalue weighted by molar-refractivity contribution is 7.89. The van der Waals surface area contributed by atoms with Gasteiger partial charge in [0.2, 0.25) is 10.0 Å². The molecule has 6 nitrogen and oxygen atoms in total. The van der Waals surface area contributed by atoms with Crippen molar-refractivity contribution in [3.05, 3.63) is 47.3 Å². The number of rotatable bonds is 4. The normalized spacial score (nSPS) is 14.6. The Morgan fingerprint density at radius 1 is 1.33 bits per heavy atom. The fourth-order valence-corrected chi connectivity index (χ4v) is 3.72. The Morgan fingerprint density at radius 3 is 2.81 bits per heavy atom. The van der Waals surface area contributed by atoms with Crippen molar-refractivity contribution in [3.8, 4) is 0 Å². The van der Waals surface area contributed by atoms with E-state index in [1.807, 2.05) is 19.3 Å². The molecule has 3 rings (SSSR count). The van der Waals surface area contributed by atoms with Crippen molar-refractivity contribution in [1.29, 1.82) is 0 Å². The molecular weight excluding hydrogens is 288 g/mol. The number of benzene rings is 1. The number of hydrogen-bond donors (Lipinski definition) is 1. The maximum atomic E-state index is 12.6. The van der Waals surface area contributed by atoms with E-state index in [-0.39, 0.29) is 0 Å². The molecule has 1 aliphatic rings. The lowest BCUT2D eigenvalue weighted by Crippen LogP contribution is -2.26. The lowest BCUT2D eigenvalue weighted by atomic mass is 10.1. The minimum absolute atomic E-state index is 0.311. The van der Waals surface area contributed by atoms with Crippen molar-refractivity contribution in [2.75, 3.05) is 7.05 Å². The molecule has 2 aromatic rings. The number of sulfonamides is 1. The fraction of sp³-hybridized carbons (Fsp3) is 0.357. The predicted molar refractivity (Wildman–Crippen MR) is 78.8 cm³/mol. The van der Waals surface area contributed by atoms with Gasteiger partial charge in [-0.15, -0.1) is 0 Å². The SMILES string of the molecule is CN(Cc1cnn(C)c1)S(=O)(=O)c1ccc2c(c1)CNC2. The van der Waals surface area contributed by atoms with Crippen LogP contribution in [0.3, 0.4) is 0 Å². The van der Waals surface area contributed by atoms with Gasteiger partial charge in [-0.2, -0.15) is 9.40 Å². The van der Waals surface area contributed by atoms with Crippen LogP contribution in [0.4, 0.5) is 0 Å². The largest absolute Gasteiger partial charge is 0.309 e. The fourth-order valence-electron chi connectivity index (χ4n) is 2.51. The zero-order valence-corrected chi connectivity index (χ0v) is 12.9. The molecule has 0 saturated heterocycles. The molecule has 0 bridgehead atoms. The summed E-state index contributed by atoms with van der Waals surface area (Å²) in [6.07, 6.45) is 3.50. The van der Waals surface area contributed by atoms with Gasteiger partial charge >= 0.3 is 0 Å². The molecule has 112 valence electrons. The Kier molecular flexibility index (Phi) is 3.56. The third kappa shape index (κ3) is 2.72. The van der Waals surface area contributed by atoms with Crippen LogP contribution < -0.4 is 5.32 Å². The smallest absolute Gasteiger partial charge is 0.243 e. The van der Waals surface area contributed by atoms with Gasteiger partial charge in [-0.25, -0.2) is 8.42 Å². The molecule has 1 aliphatic heterocycles. The van der Waals surface area contributed by atoms with Crippen molar-refractivity contribution in [2.24, 2.45) is 7.05 Å². The number of nitrogens with zero attached hydrogens (tertiary/aromatic N) is 3. The zero-order valence-electron chi connectivity index (χ0n) is 12.1. The van der Waals surface area contributed by atoms with E-state index in [1.165, 1.54) is 9.87 Å². The summed E-state index contributed by atoms with van der Waals surface area (Å²) < 4.78 is 28.3. The third-order valence-electron chi connectivity index (χ3n) is 3.68. The highest BCUT2D eigenvalue weighted by atomic mass is 32.2. The van der Waals surface area contributed by atoms with E-state index in [0.717, 1.165) is 24.2 Å². The van der Waals surface area contributed by atoms with Gasteiger partial charge in [-0.3, -0.25) is 4.68 Å². The Hall–Kier alpha value is -1.70. The van der Waals surface area contributed by atoms with Gasteiger partial charge < -0.3 is 5.32 Å². The Balaban J connectivity index is 1.85. The van der Waals surface area contributed by atoms with E-state index < -0.39 is 10.0 Å². The average Bonchev–Trinajstić information content (AvgIpc) is 3.06. The minimum atomic E-state index is -3.48. The molecular formula is C14H18N4O2S. The summed E-state index contributed by atoms with van der Waals surface area (Å²) in [6, 6.07) is 5.34. The second-order valence-corrected chi connectivity index (χ2v) is 7.36. The first kappa shape index (κ1) is 14.2. The van der Waals surface area contributed by atoms with E-state index in [4.69, 9.17) is 0 Å². The summed E-state index contributed by atoms with van der Waals surface area (Å²) >= 11 is 0. The van der Waals surface area contributed by atoms with E-state index in [1.54, 1.807) is 30.1 Å². The van der Waals surface area contributed by atoms with Crippen LogP contribution in [0.2, 0.25) is 0 Å². The molecule has 21 heavy (non-hydrogen) atoms. The molecule has 0 amide bonds. The molecule has 0 aliphatic carbocycles. The van der Waals surface area contributed by atoms with Crippen LogP contribution in [0, 0.1) is 0 Å². The van der Waals surface area contributed by atoms with Crippen molar-refractivity contribution < 1.29 is 8.42 Å². The number of aryl methyl sites for hydroxylation is 1. The van der Waals surface area contributed by atoms with Crippen molar-refractivity contribution in [3.63, 3.8) is 0 Å². The lowest BCUT2D eigenvalue weighted by Gasteiger charge is -2.17. The standard InChI is InChI=1S/C14H18N4O2S/c1-17-9-11(6-16-17)10-18(2)21(19,20)14-4-3-12-7-15-8-13(12)5-14/h3-6,9,15H,7-8,10H2,1-2H3. The number of nitrogens with one attached hydrogen (secondary N) is 1. The molecule has 0 saturated carbocycles. The van der Waals surface area contributed by atoms with Gasteiger partial charge in [-0.1, -0.05) is 6.07 Å². The van der Waals surface area contributed by atoms with Crippen molar-refractivity contribution in [2.45, 2.75) is 24.5 Å². The first-order valence-electron chi connectivity index (χ1n) is 6.73. The molecule has 0 radical (unpaired) electrons. The maximum Gasteiger partial charge on any atom is 0.243 e. The van der Waals surface area contributed by atoms with Crippen LogP contribution in [0.1, 0.15) is 16.7 Å². The van der Waals surface area contributed by atoms with E-state index >= 15 is 0 Å². The second kappa shape index (κ2) is 5.25. The predicted octanol–water partition coefficient (Wildman–Crippen LogP) is 0.844. The molecule has 0 unspecified atom stereocenters. The van der Waals surface area contributed by atoms with E-state index in [9.17, 15) is 8.42 Å². The monoisotopic (exact) mass is 306 g/mol. The van der Waals surface area contributed by atoms with Gasteiger partial charge in [0.05, 0.1) is 11.1 Å². The first-order chi connectivity index (χ1) is 9.96. The number of hydrogen-bond acceptors (Lipinski definition) is 4. The molecule has 0 fully saturated rings. The summed E-state index contributed by atoms with van der Waals surface area (Å²) in [6.45, 7) is 1.84. The topological polar surface area (TPSA) is 67.2 Å². The Morgan fingerprint density at radius 2 is 2.10 bits per heavy atom. The Bertz CT molecular complexity index is 767. The quantitative estimate of drug-likeness (QED) is 0.909.